The van der Waals surface area contributed by atoms with Crippen LogP contribution in [0.4, 0.5) is 0 Å². The first-order chi connectivity index (χ1) is 9.52. The number of ether oxygens (including phenoxy) is 1. The molecule has 1 unspecified atom stereocenters. The Morgan fingerprint density at radius 2 is 2.20 bits per heavy atom. The Bertz CT molecular complexity index is 474. The van der Waals surface area contributed by atoms with Crippen molar-refractivity contribution in [1.82, 2.24) is 5.32 Å². The number of halogens is 1. The van der Waals surface area contributed by atoms with Crippen LogP contribution in [0.1, 0.15) is 20.3 Å². The van der Waals surface area contributed by atoms with Crippen molar-refractivity contribution in [2.24, 2.45) is 10.7 Å². The molecule has 0 aliphatic carbocycles. The van der Waals surface area contributed by atoms with Gasteiger partial charge in [-0.05, 0) is 25.5 Å². The molecule has 0 aliphatic heterocycles. The summed E-state index contributed by atoms with van der Waals surface area (Å²) < 4.78 is 5.83. The second-order valence-electron chi connectivity index (χ2n) is 4.62. The van der Waals surface area contributed by atoms with E-state index in [1.807, 2.05) is 32.0 Å². The van der Waals surface area contributed by atoms with Crippen LogP contribution in [0.3, 0.4) is 0 Å². The Balaban J connectivity index is 2.53. The summed E-state index contributed by atoms with van der Waals surface area (Å²) in [6, 6.07) is 7.40. The van der Waals surface area contributed by atoms with Gasteiger partial charge in [-0.25, -0.2) is 4.99 Å². The van der Waals surface area contributed by atoms with Gasteiger partial charge in [0.2, 0.25) is 0 Å². The van der Waals surface area contributed by atoms with E-state index in [1.165, 1.54) is 0 Å². The van der Waals surface area contributed by atoms with Crippen molar-refractivity contribution in [2.75, 3.05) is 13.1 Å². The topological polar surface area (TPSA) is 59.6 Å². The van der Waals surface area contributed by atoms with Crippen molar-refractivity contribution < 1.29 is 4.74 Å². The summed E-state index contributed by atoms with van der Waals surface area (Å²) >= 11 is 6.07. The van der Waals surface area contributed by atoms with Gasteiger partial charge in [-0.2, -0.15) is 0 Å². The van der Waals surface area contributed by atoms with Crippen molar-refractivity contribution in [3.63, 3.8) is 0 Å². The molecule has 0 saturated carbocycles. The molecular weight excluding hydrogens is 274 g/mol. The zero-order valence-corrected chi connectivity index (χ0v) is 12.8. The maximum absolute atomic E-state index is 6.07. The number of hydrogen-bond acceptors (Lipinski definition) is 2. The highest BCUT2D eigenvalue weighted by molar-refractivity contribution is 6.32. The molecule has 0 bridgehead atoms. The predicted molar refractivity (Wildman–Crippen MR) is 85.5 cm³/mol. The molecule has 20 heavy (non-hydrogen) atoms. The van der Waals surface area contributed by atoms with Crippen molar-refractivity contribution in [2.45, 2.75) is 26.4 Å². The van der Waals surface area contributed by atoms with Gasteiger partial charge < -0.3 is 15.8 Å². The molecule has 0 heterocycles. The number of nitrogens with one attached hydrogen (secondary N) is 1. The van der Waals surface area contributed by atoms with E-state index in [-0.39, 0.29) is 6.10 Å². The van der Waals surface area contributed by atoms with E-state index in [1.54, 1.807) is 6.07 Å². The molecule has 0 radical (unpaired) electrons. The van der Waals surface area contributed by atoms with E-state index in [9.17, 15) is 0 Å². The second-order valence-corrected chi connectivity index (χ2v) is 5.02. The van der Waals surface area contributed by atoms with Gasteiger partial charge in [-0.1, -0.05) is 42.8 Å². The molecule has 1 rings (SSSR count). The lowest BCUT2D eigenvalue weighted by molar-refractivity contribution is 0.206. The minimum Gasteiger partial charge on any atom is -0.487 e. The van der Waals surface area contributed by atoms with E-state index in [0.717, 1.165) is 12.0 Å². The molecule has 1 aromatic carbocycles. The van der Waals surface area contributed by atoms with E-state index in [0.29, 0.717) is 29.8 Å². The Hall–Kier alpha value is -1.68. The van der Waals surface area contributed by atoms with Crippen LogP contribution in [0.2, 0.25) is 5.02 Å². The van der Waals surface area contributed by atoms with Crippen LogP contribution in [-0.2, 0) is 0 Å². The summed E-state index contributed by atoms with van der Waals surface area (Å²) in [5.74, 6) is 1.07. The summed E-state index contributed by atoms with van der Waals surface area (Å²) in [7, 11) is 0. The summed E-state index contributed by atoms with van der Waals surface area (Å²) in [5.41, 5.74) is 6.77. The Kier molecular flexibility index (Phi) is 6.94. The van der Waals surface area contributed by atoms with Gasteiger partial charge in [0.1, 0.15) is 11.9 Å². The van der Waals surface area contributed by atoms with Gasteiger partial charge in [0.25, 0.3) is 0 Å². The number of guanidine groups is 1. The first kappa shape index (κ1) is 16.4. The van der Waals surface area contributed by atoms with Crippen LogP contribution in [0, 0.1) is 0 Å². The summed E-state index contributed by atoms with van der Waals surface area (Å²) in [4.78, 5) is 4.27. The fourth-order valence-corrected chi connectivity index (χ4v) is 1.65. The van der Waals surface area contributed by atoms with Gasteiger partial charge >= 0.3 is 0 Å². The molecular formula is C15H22ClN3O. The van der Waals surface area contributed by atoms with E-state index < -0.39 is 0 Å². The van der Waals surface area contributed by atoms with Crippen LogP contribution in [-0.4, -0.2) is 25.2 Å². The molecule has 5 heteroatoms. The van der Waals surface area contributed by atoms with Gasteiger partial charge in [-0.3, -0.25) is 0 Å². The van der Waals surface area contributed by atoms with Gasteiger partial charge in [0.05, 0.1) is 11.6 Å². The summed E-state index contributed by atoms with van der Waals surface area (Å²) in [6.07, 6.45) is 0.766. The highest BCUT2D eigenvalue weighted by Gasteiger charge is 2.09. The molecule has 0 fully saturated rings. The van der Waals surface area contributed by atoms with Gasteiger partial charge in [0, 0.05) is 6.54 Å². The third-order valence-corrected chi connectivity index (χ3v) is 2.93. The van der Waals surface area contributed by atoms with E-state index >= 15 is 0 Å². The van der Waals surface area contributed by atoms with Crippen molar-refractivity contribution in [3.8, 4) is 5.75 Å². The minimum absolute atomic E-state index is 0.0555. The van der Waals surface area contributed by atoms with Crippen molar-refractivity contribution >= 4 is 17.6 Å². The summed E-state index contributed by atoms with van der Waals surface area (Å²) in [5, 5.41) is 3.58. The zero-order valence-electron chi connectivity index (χ0n) is 12.0. The van der Waals surface area contributed by atoms with E-state index in [4.69, 9.17) is 22.1 Å². The molecule has 1 atom stereocenters. The molecule has 110 valence electrons. The van der Waals surface area contributed by atoms with E-state index in [2.05, 4.69) is 16.9 Å². The average Bonchev–Trinajstić information content (AvgIpc) is 2.43. The number of para-hydroxylation sites is 1. The monoisotopic (exact) mass is 295 g/mol. The number of aliphatic imine (C=N–C) groups is 1. The van der Waals surface area contributed by atoms with Crippen LogP contribution in [0.25, 0.3) is 0 Å². The normalized spacial score (nSPS) is 12.8. The minimum atomic E-state index is -0.0555. The predicted octanol–water partition coefficient (Wildman–Crippen LogP) is 2.98. The van der Waals surface area contributed by atoms with Crippen LogP contribution in [0.5, 0.6) is 5.75 Å². The van der Waals surface area contributed by atoms with Crippen LogP contribution < -0.4 is 15.8 Å². The largest absolute Gasteiger partial charge is 0.487 e. The number of hydrogen-bond donors (Lipinski definition) is 2. The first-order valence-electron chi connectivity index (χ1n) is 6.62. The van der Waals surface area contributed by atoms with Gasteiger partial charge in [-0.15, -0.1) is 0 Å². The fourth-order valence-electron chi connectivity index (χ4n) is 1.47. The zero-order chi connectivity index (χ0) is 15.0. The summed E-state index contributed by atoms with van der Waals surface area (Å²) in [6.45, 7) is 8.86. The third kappa shape index (κ3) is 5.97. The lowest BCUT2D eigenvalue weighted by Crippen LogP contribution is -2.34. The molecule has 4 nitrogen and oxygen atoms in total. The number of nitrogens with two attached hydrogens (primary N) is 1. The Morgan fingerprint density at radius 3 is 2.80 bits per heavy atom. The maximum atomic E-state index is 6.07. The molecule has 3 N–H and O–H groups in total. The first-order valence-corrected chi connectivity index (χ1v) is 7.00. The van der Waals surface area contributed by atoms with Crippen LogP contribution >= 0.6 is 11.6 Å². The molecule has 0 aromatic heterocycles. The average molecular weight is 296 g/mol. The highest BCUT2D eigenvalue weighted by atomic mass is 35.5. The number of rotatable bonds is 7. The van der Waals surface area contributed by atoms with Crippen molar-refractivity contribution in [3.05, 3.63) is 41.4 Å². The number of nitrogens with zero attached hydrogens (tertiary/aromatic N) is 1. The lowest BCUT2D eigenvalue weighted by Gasteiger charge is -2.17. The maximum Gasteiger partial charge on any atom is 0.188 e. The molecule has 0 spiro atoms. The second kappa shape index (κ2) is 8.48. The highest BCUT2D eigenvalue weighted by Crippen LogP contribution is 2.24. The Labute approximate surface area is 125 Å². The molecule has 0 amide bonds. The smallest absolute Gasteiger partial charge is 0.188 e. The lowest BCUT2D eigenvalue weighted by atomic mass is 10.2. The van der Waals surface area contributed by atoms with Gasteiger partial charge in [0.15, 0.2) is 5.96 Å². The quantitative estimate of drug-likeness (QED) is 0.462. The fraction of sp³-hybridized carbons (Fsp3) is 0.400. The molecule has 1 aromatic rings. The van der Waals surface area contributed by atoms with Crippen LogP contribution in [0.15, 0.2) is 41.4 Å². The number of benzene rings is 1. The van der Waals surface area contributed by atoms with Crippen molar-refractivity contribution in [1.29, 1.82) is 0 Å². The standard InChI is InChI=1S/C15H22ClN3O/c1-4-12(10-19-15(17)18-9-11(2)3)20-14-8-6-5-7-13(14)16/h5-8,12H,2,4,9-10H2,1,3H3,(H3,17,18,19). The third-order valence-electron chi connectivity index (χ3n) is 2.62. The molecule has 0 saturated heterocycles. The SMILES string of the molecule is C=C(C)CNC(N)=NCC(CC)Oc1ccccc1Cl. The Morgan fingerprint density at radius 1 is 1.50 bits per heavy atom. The molecule has 0 aliphatic rings.